The number of alkyl halides is 3. The van der Waals surface area contributed by atoms with Crippen molar-refractivity contribution < 1.29 is 22.4 Å². The van der Waals surface area contributed by atoms with Gasteiger partial charge in [-0.05, 0) is 12.1 Å². The highest BCUT2D eigenvalue weighted by molar-refractivity contribution is 6.02. The van der Waals surface area contributed by atoms with Crippen LogP contribution >= 0.6 is 0 Å². The molecule has 0 saturated carbocycles. The lowest BCUT2D eigenvalue weighted by molar-refractivity contribution is -0.139. The molecule has 0 spiro atoms. The van der Waals surface area contributed by atoms with E-state index >= 15 is 4.39 Å². The zero-order valence-corrected chi connectivity index (χ0v) is 16.0. The van der Waals surface area contributed by atoms with Crippen molar-refractivity contribution in [3.05, 3.63) is 35.9 Å². The van der Waals surface area contributed by atoms with Gasteiger partial charge in [0.05, 0.1) is 29.3 Å². The molecule has 0 saturated heterocycles. The van der Waals surface area contributed by atoms with Gasteiger partial charge in [0.25, 0.3) is 0 Å². The zero-order chi connectivity index (χ0) is 21.8. The van der Waals surface area contributed by atoms with Crippen LogP contribution in [0.25, 0.3) is 27.8 Å². The highest BCUT2D eigenvalue weighted by Gasteiger charge is 2.41. The van der Waals surface area contributed by atoms with Crippen LogP contribution in [-0.2, 0) is 11.0 Å². The van der Waals surface area contributed by atoms with Crippen LogP contribution in [0.4, 0.5) is 29.1 Å². The molecule has 0 radical (unpaired) electrons. The first kappa shape index (κ1) is 19.6. The SMILES string of the molecule is CC(=O)Nc1cn2nc(-c3c(C(F)(F)F)c(F)c(N(C)C)c4[nH]ncc34)ccc2n1. The van der Waals surface area contributed by atoms with Gasteiger partial charge in [0, 0.05) is 32.0 Å². The Labute approximate surface area is 166 Å². The predicted octanol–water partition coefficient (Wildman–Crippen LogP) is 3.45. The molecule has 0 unspecified atom stereocenters. The molecule has 3 aromatic heterocycles. The number of nitrogens with one attached hydrogen (secondary N) is 2. The summed E-state index contributed by atoms with van der Waals surface area (Å²) in [5, 5.41) is 13.1. The molecule has 12 heteroatoms. The molecule has 156 valence electrons. The number of aromatic nitrogens is 5. The number of carbonyl (C=O) groups excluding carboxylic acids is 1. The van der Waals surface area contributed by atoms with Crippen LogP contribution in [0.3, 0.4) is 0 Å². The van der Waals surface area contributed by atoms with Gasteiger partial charge >= 0.3 is 6.18 Å². The third-order valence-electron chi connectivity index (χ3n) is 4.43. The van der Waals surface area contributed by atoms with Crippen LogP contribution in [0.5, 0.6) is 0 Å². The van der Waals surface area contributed by atoms with Gasteiger partial charge in [-0.3, -0.25) is 9.89 Å². The van der Waals surface area contributed by atoms with E-state index in [1.54, 1.807) is 0 Å². The Morgan fingerprint density at radius 2 is 2.00 bits per heavy atom. The fourth-order valence-corrected chi connectivity index (χ4v) is 3.34. The van der Waals surface area contributed by atoms with Crippen molar-refractivity contribution in [2.24, 2.45) is 0 Å². The molecule has 4 rings (SSSR count). The van der Waals surface area contributed by atoms with Crippen molar-refractivity contribution in [1.82, 2.24) is 24.8 Å². The number of nitrogens with zero attached hydrogens (tertiary/aromatic N) is 5. The summed E-state index contributed by atoms with van der Waals surface area (Å²) >= 11 is 0. The molecule has 2 N–H and O–H groups in total. The number of halogens is 4. The van der Waals surface area contributed by atoms with Gasteiger partial charge in [-0.1, -0.05) is 0 Å². The quantitative estimate of drug-likeness (QED) is 0.495. The van der Waals surface area contributed by atoms with Crippen LogP contribution < -0.4 is 10.2 Å². The van der Waals surface area contributed by atoms with Crippen LogP contribution in [0, 0.1) is 5.82 Å². The van der Waals surface area contributed by atoms with Gasteiger partial charge in [0.15, 0.2) is 17.3 Å². The molecular formula is C18H15F4N7O. The molecule has 0 fully saturated rings. The van der Waals surface area contributed by atoms with E-state index in [2.05, 4.69) is 25.6 Å². The number of H-pyrrole nitrogens is 1. The Bertz CT molecular complexity index is 1290. The average molecular weight is 421 g/mol. The number of anilines is 2. The molecular weight excluding hydrogens is 406 g/mol. The molecule has 1 amide bonds. The molecule has 0 atom stereocenters. The van der Waals surface area contributed by atoms with Crippen molar-refractivity contribution in [3.8, 4) is 11.3 Å². The summed E-state index contributed by atoms with van der Waals surface area (Å²) in [5.41, 5.74) is -1.84. The molecule has 30 heavy (non-hydrogen) atoms. The summed E-state index contributed by atoms with van der Waals surface area (Å²) in [4.78, 5) is 16.6. The van der Waals surface area contributed by atoms with E-state index in [9.17, 15) is 18.0 Å². The smallest absolute Gasteiger partial charge is 0.374 e. The number of imidazole rings is 1. The van der Waals surface area contributed by atoms with E-state index < -0.39 is 23.1 Å². The van der Waals surface area contributed by atoms with Gasteiger partial charge in [0.2, 0.25) is 5.91 Å². The maximum atomic E-state index is 15.1. The van der Waals surface area contributed by atoms with Crippen LogP contribution in [0.15, 0.2) is 24.5 Å². The Morgan fingerprint density at radius 3 is 2.63 bits per heavy atom. The number of hydrogen-bond donors (Lipinski definition) is 2. The fourth-order valence-electron chi connectivity index (χ4n) is 3.34. The number of hydrogen-bond acceptors (Lipinski definition) is 5. The molecule has 3 heterocycles. The number of carbonyl (C=O) groups is 1. The summed E-state index contributed by atoms with van der Waals surface area (Å²) in [6.45, 7) is 1.29. The van der Waals surface area contributed by atoms with E-state index in [0.29, 0.717) is 5.65 Å². The minimum atomic E-state index is -4.98. The Balaban J connectivity index is 2.04. The lowest BCUT2D eigenvalue weighted by Crippen LogP contribution is -2.18. The Hall–Kier alpha value is -3.70. The van der Waals surface area contributed by atoms with Gasteiger partial charge in [-0.25, -0.2) is 13.9 Å². The lowest BCUT2D eigenvalue weighted by atomic mass is 9.97. The molecule has 0 aliphatic carbocycles. The van der Waals surface area contributed by atoms with Gasteiger partial charge in [-0.15, -0.1) is 0 Å². The third-order valence-corrected chi connectivity index (χ3v) is 4.43. The maximum Gasteiger partial charge on any atom is 0.419 e. The largest absolute Gasteiger partial charge is 0.419 e. The summed E-state index contributed by atoms with van der Waals surface area (Å²) in [7, 11) is 2.88. The maximum absolute atomic E-state index is 15.1. The summed E-state index contributed by atoms with van der Waals surface area (Å²) < 4.78 is 58.2. The first-order chi connectivity index (χ1) is 14.1. The minimum Gasteiger partial charge on any atom is -0.374 e. The highest BCUT2D eigenvalue weighted by atomic mass is 19.4. The second-order valence-electron chi connectivity index (χ2n) is 6.79. The van der Waals surface area contributed by atoms with Gasteiger partial charge in [0.1, 0.15) is 5.56 Å². The third kappa shape index (κ3) is 3.09. The molecule has 0 aliphatic rings. The number of rotatable bonds is 3. The zero-order valence-electron chi connectivity index (χ0n) is 16.0. The number of amides is 1. The van der Waals surface area contributed by atoms with Crippen molar-refractivity contribution in [2.75, 3.05) is 24.3 Å². The summed E-state index contributed by atoms with van der Waals surface area (Å²) in [5.74, 6) is -1.60. The van der Waals surface area contributed by atoms with Gasteiger partial charge in [-0.2, -0.15) is 23.4 Å². The molecule has 0 bridgehead atoms. The summed E-state index contributed by atoms with van der Waals surface area (Å²) in [6, 6.07) is 2.74. The standard InChI is InChI=1S/C18H15F4N7O/c1-8(30)24-11-7-29-12(25-11)5-4-10(27-29)13-9-6-23-26-16(9)17(28(2)3)15(19)14(13)18(20,21)22/h4-7H,1-3H3,(H,23,26)(H,24,30). The number of benzene rings is 1. The van der Waals surface area contributed by atoms with E-state index in [1.807, 2.05) is 0 Å². The predicted molar refractivity (Wildman–Crippen MR) is 102 cm³/mol. The lowest BCUT2D eigenvalue weighted by Gasteiger charge is -2.21. The Kier molecular flexibility index (Phi) is 4.36. The molecule has 0 aliphatic heterocycles. The minimum absolute atomic E-state index is 0.0708. The van der Waals surface area contributed by atoms with E-state index in [4.69, 9.17) is 0 Å². The fraction of sp³-hybridized carbons (Fsp3) is 0.222. The molecule has 4 aromatic rings. The van der Waals surface area contributed by atoms with Crippen LogP contribution in [0.1, 0.15) is 12.5 Å². The second kappa shape index (κ2) is 6.68. The first-order valence-corrected chi connectivity index (χ1v) is 8.65. The first-order valence-electron chi connectivity index (χ1n) is 8.65. The van der Waals surface area contributed by atoms with Crippen LogP contribution in [0.2, 0.25) is 0 Å². The normalized spacial score (nSPS) is 12.0. The number of fused-ring (bicyclic) bond motifs is 2. The molecule has 8 nitrogen and oxygen atoms in total. The van der Waals surface area contributed by atoms with Crippen molar-refractivity contribution >= 4 is 34.0 Å². The van der Waals surface area contributed by atoms with Crippen molar-refractivity contribution in [2.45, 2.75) is 13.1 Å². The topological polar surface area (TPSA) is 91.2 Å². The molecule has 1 aromatic carbocycles. The van der Waals surface area contributed by atoms with E-state index in [0.717, 1.165) is 0 Å². The number of aromatic amines is 1. The average Bonchev–Trinajstić information content (AvgIpc) is 3.23. The van der Waals surface area contributed by atoms with Gasteiger partial charge < -0.3 is 10.2 Å². The second-order valence-corrected chi connectivity index (χ2v) is 6.79. The summed E-state index contributed by atoms with van der Waals surface area (Å²) in [6.07, 6.45) is -2.43. The highest BCUT2D eigenvalue weighted by Crippen LogP contribution is 2.46. The van der Waals surface area contributed by atoms with Crippen molar-refractivity contribution in [3.63, 3.8) is 0 Å². The van der Waals surface area contributed by atoms with Crippen LogP contribution in [-0.4, -0.2) is 44.8 Å². The van der Waals surface area contributed by atoms with E-state index in [-0.39, 0.29) is 34.0 Å². The monoisotopic (exact) mass is 421 g/mol. The van der Waals surface area contributed by atoms with E-state index in [1.165, 1.54) is 55.0 Å². The van der Waals surface area contributed by atoms with Crippen molar-refractivity contribution in [1.29, 1.82) is 0 Å². The Morgan fingerprint density at radius 1 is 1.27 bits per heavy atom.